The molecule has 242 valence electrons. The minimum absolute atomic E-state index is 0.0174. The number of anilines is 2. The van der Waals surface area contributed by atoms with E-state index in [0.29, 0.717) is 60.2 Å². The number of carbonyl (C=O) groups excluding carboxylic acids is 1. The van der Waals surface area contributed by atoms with Gasteiger partial charge in [0.2, 0.25) is 0 Å². The lowest BCUT2D eigenvalue weighted by Gasteiger charge is -2.35. The SMILES string of the molecule is COc1cccc(NS(=O)(=O)c2cc(C(=O)N3CCN(Cc4ccccc4)CC3)ccc2NCCc2ccc(OC)c(OC)c2)c1. The summed E-state index contributed by atoms with van der Waals surface area (Å²) in [5, 5.41) is 3.27. The molecule has 0 spiro atoms. The Hall–Kier alpha value is -4.74. The molecule has 5 rings (SSSR count). The molecule has 4 aromatic carbocycles. The minimum Gasteiger partial charge on any atom is -0.497 e. The molecule has 1 aliphatic heterocycles. The first kappa shape index (κ1) is 32.6. The predicted molar refractivity (Wildman–Crippen MR) is 180 cm³/mol. The first-order chi connectivity index (χ1) is 22.3. The van der Waals surface area contributed by atoms with Gasteiger partial charge in [0.05, 0.1) is 32.7 Å². The number of ether oxygens (including phenoxy) is 3. The van der Waals surface area contributed by atoms with Crippen molar-refractivity contribution in [2.45, 2.75) is 17.9 Å². The second-order valence-electron chi connectivity index (χ2n) is 11.0. The quantitative estimate of drug-likeness (QED) is 0.206. The van der Waals surface area contributed by atoms with E-state index in [-0.39, 0.29) is 10.8 Å². The van der Waals surface area contributed by atoms with Gasteiger partial charge in [0, 0.05) is 50.9 Å². The van der Waals surface area contributed by atoms with Crippen LogP contribution in [0.1, 0.15) is 21.5 Å². The Morgan fingerprint density at radius 1 is 0.761 bits per heavy atom. The second kappa shape index (κ2) is 15.0. The number of hydrogen-bond acceptors (Lipinski definition) is 8. The minimum atomic E-state index is -4.10. The summed E-state index contributed by atoms with van der Waals surface area (Å²) >= 11 is 0. The molecule has 0 aliphatic carbocycles. The van der Waals surface area contributed by atoms with Crippen molar-refractivity contribution in [1.82, 2.24) is 9.80 Å². The highest BCUT2D eigenvalue weighted by Gasteiger charge is 2.26. The molecule has 0 bridgehead atoms. The number of hydrogen-bond donors (Lipinski definition) is 2. The van der Waals surface area contributed by atoms with E-state index in [1.54, 1.807) is 55.5 Å². The number of piperazine rings is 1. The number of sulfonamides is 1. The van der Waals surface area contributed by atoms with E-state index in [9.17, 15) is 13.2 Å². The van der Waals surface area contributed by atoms with Crippen LogP contribution >= 0.6 is 0 Å². The van der Waals surface area contributed by atoms with Gasteiger partial charge >= 0.3 is 0 Å². The third-order valence-corrected chi connectivity index (χ3v) is 9.35. The van der Waals surface area contributed by atoms with Crippen LogP contribution in [0, 0.1) is 0 Å². The number of amides is 1. The molecule has 1 saturated heterocycles. The Bertz CT molecular complexity index is 1740. The van der Waals surface area contributed by atoms with Gasteiger partial charge in [0.1, 0.15) is 10.6 Å². The van der Waals surface area contributed by atoms with Crippen molar-refractivity contribution in [2.75, 3.05) is 64.1 Å². The standard InChI is InChI=1S/C35H40N4O6S/c1-43-30-11-7-10-29(24-30)37-46(41,42)34-23-28(35(40)39-20-18-38(19-21-39)25-27-8-5-4-6-9-27)13-14-31(34)36-17-16-26-12-15-32(44-2)33(22-26)45-3/h4-15,22-24,36-37H,16-21,25H2,1-3H3. The highest BCUT2D eigenvalue weighted by molar-refractivity contribution is 7.92. The van der Waals surface area contributed by atoms with Crippen molar-refractivity contribution < 1.29 is 27.4 Å². The third kappa shape index (κ3) is 8.09. The molecule has 1 amide bonds. The fourth-order valence-corrected chi connectivity index (χ4v) is 6.69. The van der Waals surface area contributed by atoms with Gasteiger partial charge in [0.25, 0.3) is 15.9 Å². The van der Waals surface area contributed by atoms with Crippen molar-refractivity contribution >= 4 is 27.3 Å². The van der Waals surface area contributed by atoms with Gasteiger partial charge in [-0.2, -0.15) is 0 Å². The maximum Gasteiger partial charge on any atom is 0.263 e. The smallest absolute Gasteiger partial charge is 0.263 e. The molecular weight excluding hydrogens is 604 g/mol. The highest BCUT2D eigenvalue weighted by atomic mass is 32.2. The maximum atomic E-state index is 13.8. The summed E-state index contributed by atoms with van der Waals surface area (Å²) in [4.78, 5) is 17.7. The molecule has 0 aromatic heterocycles. The molecule has 46 heavy (non-hydrogen) atoms. The molecule has 0 atom stereocenters. The molecule has 0 unspecified atom stereocenters. The van der Waals surface area contributed by atoms with E-state index in [1.165, 1.54) is 18.7 Å². The van der Waals surface area contributed by atoms with Gasteiger partial charge in [-0.05, 0) is 60.0 Å². The number of nitrogens with one attached hydrogen (secondary N) is 2. The van der Waals surface area contributed by atoms with Crippen LogP contribution in [0.5, 0.6) is 17.2 Å². The normalized spacial score (nSPS) is 13.6. The molecule has 0 radical (unpaired) electrons. The molecule has 1 fully saturated rings. The van der Waals surface area contributed by atoms with Crippen LogP contribution < -0.4 is 24.2 Å². The average Bonchev–Trinajstić information content (AvgIpc) is 3.08. The summed E-state index contributed by atoms with van der Waals surface area (Å²) in [6.45, 7) is 3.85. The zero-order chi connectivity index (χ0) is 32.5. The molecule has 0 saturated carbocycles. The van der Waals surface area contributed by atoms with E-state index < -0.39 is 10.0 Å². The summed E-state index contributed by atoms with van der Waals surface area (Å²) < 4.78 is 46.3. The van der Waals surface area contributed by atoms with E-state index in [0.717, 1.165) is 25.2 Å². The fraction of sp³-hybridized carbons (Fsp3) is 0.286. The monoisotopic (exact) mass is 644 g/mol. The largest absolute Gasteiger partial charge is 0.497 e. The topological polar surface area (TPSA) is 109 Å². The predicted octanol–water partition coefficient (Wildman–Crippen LogP) is 5.13. The van der Waals surface area contributed by atoms with E-state index in [2.05, 4.69) is 27.1 Å². The van der Waals surface area contributed by atoms with Crippen molar-refractivity contribution in [3.8, 4) is 17.2 Å². The summed E-state index contributed by atoms with van der Waals surface area (Å²) in [6.07, 6.45) is 0.594. The number of nitrogens with zero attached hydrogens (tertiary/aromatic N) is 2. The van der Waals surface area contributed by atoms with E-state index in [4.69, 9.17) is 14.2 Å². The zero-order valence-electron chi connectivity index (χ0n) is 26.4. The van der Waals surface area contributed by atoms with Crippen LogP contribution in [0.2, 0.25) is 0 Å². The van der Waals surface area contributed by atoms with Crippen LogP contribution in [0.3, 0.4) is 0 Å². The van der Waals surface area contributed by atoms with Crippen LogP contribution in [0.25, 0.3) is 0 Å². The molecule has 10 nitrogen and oxygen atoms in total. The third-order valence-electron chi connectivity index (χ3n) is 7.93. The first-order valence-electron chi connectivity index (χ1n) is 15.1. The second-order valence-corrected chi connectivity index (χ2v) is 12.6. The Balaban J connectivity index is 1.34. The summed E-state index contributed by atoms with van der Waals surface area (Å²) in [6, 6.07) is 27.4. The summed E-state index contributed by atoms with van der Waals surface area (Å²) in [7, 11) is 0.589. The van der Waals surface area contributed by atoms with Crippen molar-refractivity contribution in [3.05, 3.63) is 108 Å². The lowest BCUT2D eigenvalue weighted by Crippen LogP contribution is -2.48. The molecule has 4 aromatic rings. The van der Waals surface area contributed by atoms with Gasteiger partial charge in [-0.1, -0.05) is 42.5 Å². The number of benzene rings is 4. The van der Waals surface area contributed by atoms with Gasteiger partial charge in [0.15, 0.2) is 11.5 Å². The highest BCUT2D eigenvalue weighted by Crippen LogP contribution is 2.29. The number of rotatable bonds is 13. The molecule has 1 aliphatic rings. The lowest BCUT2D eigenvalue weighted by molar-refractivity contribution is 0.0628. The molecule has 2 N–H and O–H groups in total. The van der Waals surface area contributed by atoms with Crippen molar-refractivity contribution in [3.63, 3.8) is 0 Å². The van der Waals surface area contributed by atoms with E-state index in [1.807, 2.05) is 36.4 Å². The number of carbonyl (C=O) groups is 1. The van der Waals surface area contributed by atoms with Crippen LogP contribution in [-0.4, -0.2) is 78.2 Å². The van der Waals surface area contributed by atoms with Gasteiger partial charge in [-0.3, -0.25) is 14.4 Å². The first-order valence-corrected chi connectivity index (χ1v) is 16.6. The van der Waals surface area contributed by atoms with Crippen LogP contribution in [-0.2, 0) is 23.0 Å². The lowest BCUT2D eigenvalue weighted by atomic mass is 10.1. The molecular formula is C35H40N4O6S. The Labute approximate surface area is 270 Å². The Kier molecular flexibility index (Phi) is 10.7. The zero-order valence-corrected chi connectivity index (χ0v) is 27.2. The van der Waals surface area contributed by atoms with Crippen molar-refractivity contribution in [2.24, 2.45) is 0 Å². The average molecular weight is 645 g/mol. The fourth-order valence-electron chi connectivity index (χ4n) is 5.43. The Morgan fingerprint density at radius 2 is 1.52 bits per heavy atom. The van der Waals surface area contributed by atoms with Crippen molar-refractivity contribution in [1.29, 1.82) is 0 Å². The Morgan fingerprint density at radius 3 is 2.24 bits per heavy atom. The van der Waals surface area contributed by atoms with Crippen LogP contribution in [0.4, 0.5) is 11.4 Å². The van der Waals surface area contributed by atoms with Gasteiger partial charge in [-0.25, -0.2) is 8.42 Å². The summed E-state index contributed by atoms with van der Waals surface area (Å²) in [5.74, 6) is 1.57. The van der Waals surface area contributed by atoms with Gasteiger partial charge < -0.3 is 24.4 Å². The number of methoxy groups -OCH3 is 3. The van der Waals surface area contributed by atoms with E-state index >= 15 is 0 Å². The molecule has 11 heteroatoms. The molecule has 1 heterocycles. The summed E-state index contributed by atoms with van der Waals surface area (Å²) in [5.41, 5.74) is 3.27. The van der Waals surface area contributed by atoms with Gasteiger partial charge in [-0.15, -0.1) is 0 Å². The van der Waals surface area contributed by atoms with Crippen LogP contribution in [0.15, 0.2) is 95.9 Å². The maximum absolute atomic E-state index is 13.8.